The van der Waals surface area contributed by atoms with Gasteiger partial charge in [0.25, 0.3) is 5.91 Å². The van der Waals surface area contributed by atoms with E-state index in [-0.39, 0.29) is 11.4 Å². The number of hydrogen-bond acceptors (Lipinski definition) is 4. The van der Waals surface area contributed by atoms with Crippen LogP contribution < -0.4 is 10.7 Å². The fourth-order valence-corrected chi connectivity index (χ4v) is 0.645. The molecule has 2 N–H and O–H groups in total. The van der Waals surface area contributed by atoms with Crippen LogP contribution >= 0.6 is 12.6 Å². The lowest BCUT2D eigenvalue weighted by Gasteiger charge is -2.17. The minimum Gasteiger partial charge on any atom is -0.321 e. The molecule has 1 aliphatic rings. The van der Waals surface area contributed by atoms with Crippen LogP contribution in [0.5, 0.6) is 0 Å². The average Bonchev–Trinajstić information content (AvgIpc) is 1.80. The molecule has 1 aliphatic heterocycles. The van der Waals surface area contributed by atoms with Gasteiger partial charge in [-0.1, -0.05) is 0 Å². The second-order valence-electron chi connectivity index (χ2n) is 1.70. The summed E-state index contributed by atoms with van der Waals surface area (Å²) in [6, 6.07) is 0. The molecule has 0 aliphatic carbocycles. The first-order valence-corrected chi connectivity index (χ1v) is 3.00. The van der Waals surface area contributed by atoms with Gasteiger partial charge in [0.1, 0.15) is 5.71 Å². The number of nitrogens with zero attached hydrogens (tertiary/aromatic N) is 1. The lowest BCUT2D eigenvalue weighted by Crippen LogP contribution is -2.47. The maximum atomic E-state index is 10.7. The van der Waals surface area contributed by atoms with E-state index in [2.05, 4.69) is 28.5 Å². The molecule has 0 saturated carbocycles. The van der Waals surface area contributed by atoms with Gasteiger partial charge in [0.15, 0.2) is 5.50 Å². The van der Waals surface area contributed by atoms with Crippen LogP contribution in [0.1, 0.15) is 6.92 Å². The summed E-state index contributed by atoms with van der Waals surface area (Å²) in [4.78, 5) is 10.7. The number of rotatable bonds is 0. The van der Waals surface area contributed by atoms with Gasteiger partial charge in [0, 0.05) is 0 Å². The third-order valence-corrected chi connectivity index (χ3v) is 1.20. The van der Waals surface area contributed by atoms with Crippen molar-refractivity contribution in [3.63, 3.8) is 0 Å². The van der Waals surface area contributed by atoms with E-state index in [1.54, 1.807) is 6.92 Å². The molecule has 1 amide bonds. The number of carbonyl (C=O) groups excluding carboxylic acids is 1. The molecule has 4 nitrogen and oxygen atoms in total. The zero-order valence-electron chi connectivity index (χ0n) is 4.88. The van der Waals surface area contributed by atoms with Crippen molar-refractivity contribution in [2.45, 2.75) is 12.4 Å². The van der Waals surface area contributed by atoms with Gasteiger partial charge in [-0.2, -0.15) is 5.10 Å². The standard InChI is InChI=1S/C4H7N3OS/c1-2-3(8)5-4(9)7-6-2/h4,7,9H,1H3,(H,5,8). The smallest absolute Gasteiger partial charge is 0.269 e. The number of thiol groups is 1. The Hall–Kier alpha value is -0.710. The Labute approximate surface area is 58.1 Å². The van der Waals surface area contributed by atoms with Crippen LogP contribution in [0.3, 0.4) is 0 Å². The first-order chi connectivity index (χ1) is 4.20. The SMILES string of the molecule is CC1=NNC(S)NC1=O. The van der Waals surface area contributed by atoms with Crippen molar-refractivity contribution in [1.29, 1.82) is 0 Å². The van der Waals surface area contributed by atoms with Crippen molar-refractivity contribution in [3.05, 3.63) is 0 Å². The van der Waals surface area contributed by atoms with Crippen LogP contribution in [0, 0.1) is 0 Å². The number of amides is 1. The second-order valence-corrected chi connectivity index (χ2v) is 2.22. The highest BCUT2D eigenvalue weighted by molar-refractivity contribution is 7.80. The molecule has 0 bridgehead atoms. The van der Waals surface area contributed by atoms with Crippen LogP contribution in [-0.2, 0) is 4.79 Å². The van der Waals surface area contributed by atoms with E-state index in [4.69, 9.17) is 0 Å². The fourth-order valence-electron chi connectivity index (χ4n) is 0.470. The Morgan fingerprint density at radius 1 is 1.78 bits per heavy atom. The van der Waals surface area contributed by atoms with Crippen molar-refractivity contribution in [2.75, 3.05) is 0 Å². The molecular weight excluding hydrogens is 138 g/mol. The maximum Gasteiger partial charge on any atom is 0.269 e. The van der Waals surface area contributed by atoms with Gasteiger partial charge in [-0.25, -0.2) is 0 Å². The monoisotopic (exact) mass is 145 g/mol. The number of hydrogen-bond donors (Lipinski definition) is 3. The van der Waals surface area contributed by atoms with E-state index in [1.165, 1.54) is 0 Å². The van der Waals surface area contributed by atoms with Crippen LogP contribution in [0.4, 0.5) is 0 Å². The van der Waals surface area contributed by atoms with Gasteiger partial charge in [0.2, 0.25) is 0 Å². The minimum absolute atomic E-state index is 0.172. The molecule has 1 unspecified atom stereocenters. The van der Waals surface area contributed by atoms with Crippen molar-refractivity contribution in [1.82, 2.24) is 10.7 Å². The summed E-state index contributed by atoms with van der Waals surface area (Å²) < 4.78 is 0. The van der Waals surface area contributed by atoms with E-state index >= 15 is 0 Å². The predicted octanol–water partition coefficient (Wildman–Crippen LogP) is -0.705. The highest BCUT2D eigenvalue weighted by atomic mass is 32.1. The van der Waals surface area contributed by atoms with Crippen molar-refractivity contribution in [3.8, 4) is 0 Å². The zero-order chi connectivity index (χ0) is 6.85. The Bertz CT molecular complexity index is 167. The Morgan fingerprint density at radius 3 is 2.89 bits per heavy atom. The number of nitrogens with one attached hydrogen (secondary N) is 2. The average molecular weight is 145 g/mol. The Balaban J connectivity index is 2.68. The van der Waals surface area contributed by atoms with E-state index in [0.29, 0.717) is 5.71 Å². The molecule has 0 spiro atoms. The first-order valence-electron chi connectivity index (χ1n) is 2.49. The van der Waals surface area contributed by atoms with Crippen LogP contribution in [0.25, 0.3) is 0 Å². The summed E-state index contributed by atoms with van der Waals surface area (Å²) in [6.07, 6.45) is 0. The first kappa shape index (κ1) is 6.41. The van der Waals surface area contributed by atoms with Gasteiger partial charge in [0.05, 0.1) is 0 Å². The van der Waals surface area contributed by atoms with Gasteiger partial charge < -0.3 is 5.32 Å². The maximum absolute atomic E-state index is 10.7. The summed E-state index contributed by atoms with van der Waals surface area (Å²) in [7, 11) is 0. The lowest BCUT2D eigenvalue weighted by molar-refractivity contribution is -0.115. The summed E-state index contributed by atoms with van der Waals surface area (Å²) >= 11 is 3.91. The normalized spacial score (nSPS) is 26.2. The zero-order valence-corrected chi connectivity index (χ0v) is 5.77. The largest absolute Gasteiger partial charge is 0.321 e. The van der Waals surface area contributed by atoms with E-state index < -0.39 is 0 Å². The highest BCUT2D eigenvalue weighted by Gasteiger charge is 2.14. The molecule has 0 aromatic carbocycles. The van der Waals surface area contributed by atoms with Gasteiger partial charge >= 0.3 is 0 Å². The number of carbonyl (C=O) groups is 1. The molecule has 0 saturated heterocycles. The van der Waals surface area contributed by atoms with E-state index in [0.717, 1.165) is 0 Å². The van der Waals surface area contributed by atoms with E-state index in [1.807, 2.05) is 0 Å². The third-order valence-electron chi connectivity index (χ3n) is 0.951. The summed E-state index contributed by atoms with van der Waals surface area (Å²) in [6.45, 7) is 1.63. The topological polar surface area (TPSA) is 53.5 Å². The second kappa shape index (κ2) is 2.26. The molecule has 0 fully saturated rings. The summed E-state index contributed by atoms with van der Waals surface area (Å²) in [5.41, 5.74) is 2.67. The molecule has 0 radical (unpaired) electrons. The van der Waals surface area contributed by atoms with Gasteiger partial charge in [-0.05, 0) is 6.92 Å². The quantitative estimate of drug-likeness (QED) is 0.395. The molecule has 0 aromatic rings. The third kappa shape index (κ3) is 1.35. The highest BCUT2D eigenvalue weighted by Crippen LogP contribution is 1.91. The van der Waals surface area contributed by atoms with Crippen molar-refractivity contribution in [2.24, 2.45) is 5.10 Å². The van der Waals surface area contributed by atoms with Crippen LogP contribution in [-0.4, -0.2) is 17.1 Å². The molecule has 1 rings (SSSR count). The van der Waals surface area contributed by atoms with Gasteiger partial charge in [-0.15, -0.1) is 12.6 Å². The molecule has 5 heteroatoms. The summed E-state index contributed by atoms with van der Waals surface area (Å²) in [5.74, 6) is -0.172. The Morgan fingerprint density at radius 2 is 2.44 bits per heavy atom. The molecule has 1 heterocycles. The lowest BCUT2D eigenvalue weighted by atomic mass is 10.4. The van der Waals surface area contributed by atoms with Crippen molar-refractivity contribution < 1.29 is 4.79 Å². The molecular formula is C4H7N3OS. The summed E-state index contributed by atoms with van der Waals surface area (Å²) in [5, 5.41) is 6.18. The fraction of sp³-hybridized carbons (Fsp3) is 0.500. The predicted molar refractivity (Wildman–Crippen MR) is 37.2 cm³/mol. The minimum atomic E-state index is -0.346. The molecule has 0 aromatic heterocycles. The van der Waals surface area contributed by atoms with Crippen LogP contribution in [0.15, 0.2) is 5.10 Å². The van der Waals surface area contributed by atoms with Crippen LogP contribution in [0.2, 0.25) is 0 Å². The van der Waals surface area contributed by atoms with Gasteiger partial charge in [-0.3, -0.25) is 10.2 Å². The van der Waals surface area contributed by atoms with E-state index in [9.17, 15) is 4.79 Å². The number of hydrazone groups is 1. The van der Waals surface area contributed by atoms with Crippen molar-refractivity contribution >= 4 is 24.2 Å². The molecule has 1 atom stereocenters. The molecule has 50 valence electrons. The molecule has 9 heavy (non-hydrogen) atoms. The Kier molecular flexibility index (Phi) is 1.61.